The Morgan fingerprint density at radius 3 is 2.40 bits per heavy atom. The molecular weight excluding hydrogens is 566 g/mol. The normalized spacial score (nSPS) is 14.1. The number of hydrogen-bond acceptors (Lipinski definition) is 6. The number of ether oxygens (including phenoxy) is 2. The van der Waals surface area contributed by atoms with E-state index in [-0.39, 0.29) is 22.3 Å². The molecule has 0 bridgehead atoms. The Morgan fingerprint density at radius 1 is 0.930 bits per heavy atom. The summed E-state index contributed by atoms with van der Waals surface area (Å²) in [5, 5.41) is 0.678. The highest BCUT2D eigenvalue weighted by Crippen LogP contribution is 2.41. The first-order valence-corrected chi connectivity index (χ1v) is 14.5. The predicted octanol–water partition coefficient (Wildman–Crippen LogP) is 7.73. The maximum atomic E-state index is 13.9. The number of benzene rings is 4. The van der Waals surface area contributed by atoms with E-state index >= 15 is 0 Å². The first-order valence-electron chi connectivity index (χ1n) is 14.1. The minimum atomic E-state index is -0.785. The number of unbranched alkanes of at least 4 members (excludes halogenated alkanes) is 1. The fraction of sp³-hybridized carbons (Fsp3) is 0.171. The topological polar surface area (TPSA) is 86.0 Å². The molecule has 8 heteroatoms. The van der Waals surface area contributed by atoms with Gasteiger partial charge in [0.25, 0.3) is 5.91 Å². The molecule has 1 aliphatic heterocycles. The fourth-order valence-corrected chi connectivity index (χ4v) is 5.34. The Labute approximate surface area is 253 Å². The Bertz CT molecular complexity index is 1850. The maximum Gasteiger partial charge on any atom is 0.338 e. The zero-order valence-electron chi connectivity index (χ0n) is 23.4. The van der Waals surface area contributed by atoms with Crippen LogP contribution < -0.4 is 15.1 Å². The van der Waals surface area contributed by atoms with Gasteiger partial charge in [-0.2, -0.15) is 0 Å². The van der Waals surface area contributed by atoms with E-state index in [0.717, 1.165) is 18.4 Å². The minimum Gasteiger partial charge on any atom is -0.489 e. The monoisotopic (exact) mass is 593 g/mol. The third kappa shape index (κ3) is 5.64. The fourth-order valence-electron chi connectivity index (χ4n) is 5.16. The molecule has 1 amide bonds. The summed E-state index contributed by atoms with van der Waals surface area (Å²) in [7, 11) is 0. The van der Waals surface area contributed by atoms with Crippen LogP contribution in [-0.4, -0.2) is 18.5 Å². The van der Waals surface area contributed by atoms with E-state index in [1.165, 1.54) is 4.90 Å². The van der Waals surface area contributed by atoms with E-state index in [0.29, 0.717) is 46.2 Å². The lowest BCUT2D eigenvalue weighted by atomic mass is 9.98. The van der Waals surface area contributed by atoms with E-state index in [1.807, 2.05) is 61.5 Å². The highest BCUT2D eigenvalue weighted by atomic mass is 35.5. The lowest BCUT2D eigenvalue weighted by Gasteiger charge is -2.25. The molecular formula is C35H28ClNO6. The van der Waals surface area contributed by atoms with Crippen LogP contribution in [-0.2, 0) is 11.3 Å². The van der Waals surface area contributed by atoms with Crippen molar-refractivity contribution in [1.82, 2.24) is 0 Å². The van der Waals surface area contributed by atoms with E-state index in [1.54, 1.807) is 42.5 Å². The first-order chi connectivity index (χ1) is 20.9. The molecule has 0 spiro atoms. The summed E-state index contributed by atoms with van der Waals surface area (Å²) >= 11 is 6.21. The van der Waals surface area contributed by atoms with Crippen molar-refractivity contribution in [2.24, 2.45) is 0 Å². The van der Waals surface area contributed by atoms with Crippen molar-refractivity contribution in [3.8, 4) is 5.75 Å². The Morgan fingerprint density at radius 2 is 1.67 bits per heavy atom. The number of hydrogen-bond donors (Lipinski definition) is 0. The van der Waals surface area contributed by atoms with E-state index in [2.05, 4.69) is 0 Å². The van der Waals surface area contributed by atoms with E-state index in [9.17, 15) is 14.4 Å². The van der Waals surface area contributed by atoms with Crippen LogP contribution >= 0.6 is 11.6 Å². The molecule has 1 aliphatic rings. The average molecular weight is 594 g/mol. The summed E-state index contributed by atoms with van der Waals surface area (Å²) in [5.74, 6) is -0.278. The third-order valence-electron chi connectivity index (χ3n) is 7.39. The van der Waals surface area contributed by atoms with Crippen LogP contribution in [0.25, 0.3) is 11.0 Å². The Hall–Kier alpha value is -4.88. The molecule has 0 radical (unpaired) electrons. The second-order valence-corrected chi connectivity index (χ2v) is 10.7. The van der Waals surface area contributed by atoms with Crippen molar-refractivity contribution in [3.63, 3.8) is 0 Å². The second-order valence-electron chi connectivity index (χ2n) is 10.3. The van der Waals surface area contributed by atoms with E-state index in [4.69, 9.17) is 25.5 Å². The van der Waals surface area contributed by atoms with Gasteiger partial charge in [0.15, 0.2) is 5.43 Å². The number of fused-ring (bicyclic) bond motifs is 2. The van der Waals surface area contributed by atoms with Gasteiger partial charge in [-0.15, -0.1) is 0 Å². The van der Waals surface area contributed by atoms with Crippen LogP contribution in [0, 0.1) is 0 Å². The number of anilines is 1. The number of halogens is 1. The largest absolute Gasteiger partial charge is 0.489 e. The SMILES string of the molecule is CCCCOC(=O)c1ccc(N2C(=O)c3oc4ccc(Cl)cc4c(=O)c3C2c2ccc(OCc3ccccc3)cc2)cc1. The van der Waals surface area contributed by atoms with Crippen LogP contribution in [0.5, 0.6) is 5.75 Å². The lowest BCUT2D eigenvalue weighted by molar-refractivity contribution is 0.0499. The molecule has 1 atom stereocenters. The van der Waals surface area contributed by atoms with Gasteiger partial charge in [-0.25, -0.2) is 4.79 Å². The van der Waals surface area contributed by atoms with E-state index < -0.39 is 17.9 Å². The van der Waals surface area contributed by atoms with Gasteiger partial charge in [-0.1, -0.05) is 67.4 Å². The standard InChI is InChI=1S/C35H28ClNO6/c1-2-3-19-41-35(40)24-9-14-26(15-10-24)37-31(23-11-16-27(17-12-23)42-21-22-7-5-4-6-8-22)30-32(38)28-20-25(36)13-18-29(28)43-33(30)34(37)39/h4-18,20,31H,2-3,19,21H2,1H3. The van der Waals surface area contributed by atoms with Crippen LogP contribution in [0.1, 0.15) is 63.4 Å². The number of carbonyl (C=O) groups excluding carboxylic acids is 2. The Balaban J connectivity index is 1.38. The molecule has 1 unspecified atom stereocenters. The highest BCUT2D eigenvalue weighted by molar-refractivity contribution is 6.31. The summed E-state index contributed by atoms with van der Waals surface area (Å²) in [4.78, 5) is 41.8. The molecule has 5 aromatic rings. The summed E-state index contributed by atoms with van der Waals surface area (Å²) in [6.45, 7) is 2.77. The molecule has 43 heavy (non-hydrogen) atoms. The van der Waals surface area contributed by atoms with Gasteiger partial charge in [0.05, 0.1) is 29.2 Å². The predicted molar refractivity (Wildman–Crippen MR) is 165 cm³/mol. The van der Waals surface area contributed by atoms with Crippen molar-refractivity contribution in [1.29, 1.82) is 0 Å². The maximum absolute atomic E-state index is 13.9. The number of nitrogens with zero attached hydrogens (tertiary/aromatic N) is 1. The molecule has 4 aromatic carbocycles. The van der Waals surface area contributed by atoms with Gasteiger partial charge in [0.1, 0.15) is 17.9 Å². The van der Waals surface area contributed by atoms with Crippen molar-refractivity contribution >= 4 is 40.1 Å². The van der Waals surface area contributed by atoms with Crippen LogP contribution in [0.4, 0.5) is 5.69 Å². The second kappa shape index (κ2) is 12.2. The van der Waals surface area contributed by atoms with Crippen molar-refractivity contribution in [2.45, 2.75) is 32.4 Å². The van der Waals surface area contributed by atoms with Gasteiger partial charge in [0, 0.05) is 10.7 Å². The zero-order chi connectivity index (χ0) is 29.9. The van der Waals surface area contributed by atoms with Crippen LogP contribution in [0.15, 0.2) is 106 Å². The molecule has 0 saturated heterocycles. The minimum absolute atomic E-state index is 0.0303. The third-order valence-corrected chi connectivity index (χ3v) is 7.62. The molecule has 1 aromatic heterocycles. The van der Waals surface area contributed by atoms with Crippen molar-refractivity contribution in [2.75, 3.05) is 11.5 Å². The van der Waals surface area contributed by atoms with Gasteiger partial charge in [-0.3, -0.25) is 14.5 Å². The molecule has 0 fully saturated rings. The smallest absolute Gasteiger partial charge is 0.338 e. The molecule has 0 aliphatic carbocycles. The summed E-state index contributed by atoms with van der Waals surface area (Å²) in [6.07, 6.45) is 1.70. The summed E-state index contributed by atoms with van der Waals surface area (Å²) < 4.78 is 17.3. The van der Waals surface area contributed by atoms with Crippen molar-refractivity contribution < 1.29 is 23.5 Å². The molecule has 0 saturated carbocycles. The highest BCUT2D eigenvalue weighted by Gasteiger charge is 2.43. The Kier molecular flexibility index (Phi) is 7.99. The number of esters is 1. The van der Waals surface area contributed by atoms with Crippen LogP contribution in [0.2, 0.25) is 5.02 Å². The summed E-state index contributed by atoms with van der Waals surface area (Å²) in [5.41, 5.74) is 2.76. The van der Waals surface area contributed by atoms with Gasteiger partial charge < -0.3 is 13.9 Å². The molecule has 2 heterocycles. The number of rotatable bonds is 9. The quantitative estimate of drug-likeness (QED) is 0.128. The summed E-state index contributed by atoms with van der Waals surface area (Å²) in [6, 6.07) is 27.7. The first kappa shape index (κ1) is 28.2. The number of carbonyl (C=O) groups is 2. The van der Waals surface area contributed by atoms with Gasteiger partial charge >= 0.3 is 5.97 Å². The molecule has 216 valence electrons. The molecule has 6 rings (SSSR count). The number of amides is 1. The molecule has 0 N–H and O–H groups in total. The molecule has 7 nitrogen and oxygen atoms in total. The van der Waals surface area contributed by atoms with Crippen molar-refractivity contribution in [3.05, 3.63) is 140 Å². The lowest BCUT2D eigenvalue weighted by Crippen LogP contribution is -2.29. The van der Waals surface area contributed by atoms with Gasteiger partial charge in [-0.05, 0) is 72.1 Å². The average Bonchev–Trinajstić information content (AvgIpc) is 3.33. The zero-order valence-corrected chi connectivity index (χ0v) is 24.2. The van der Waals surface area contributed by atoms with Gasteiger partial charge in [0.2, 0.25) is 5.76 Å². The van der Waals surface area contributed by atoms with Crippen LogP contribution in [0.3, 0.4) is 0 Å².